The van der Waals surface area contributed by atoms with Crippen LogP contribution >= 0.6 is 34.5 Å². The molecule has 17 heavy (non-hydrogen) atoms. The summed E-state index contributed by atoms with van der Waals surface area (Å²) in [5.74, 6) is 0. The van der Waals surface area contributed by atoms with Gasteiger partial charge >= 0.3 is 0 Å². The molecular weight excluding hydrogens is 275 g/mol. The zero-order valence-corrected chi connectivity index (χ0v) is 11.6. The van der Waals surface area contributed by atoms with Gasteiger partial charge in [0.2, 0.25) is 0 Å². The van der Waals surface area contributed by atoms with Gasteiger partial charge in [0.25, 0.3) is 0 Å². The van der Waals surface area contributed by atoms with Crippen LogP contribution in [0.1, 0.15) is 23.5 Å². The van der Waals surface area contributed by atoms with Gasteiger partial charge in [-0.3, -0.25) is 0 Å². The van der Waals surface area contributed by atoms with Crippen LogP contribution in [-0.2, 0) is 6.54 Å². The van der Waals surface area contributed by atoms with E-state index in [1.807, 2.05) is 18.2 Å². The van der Waals surface area contributed by atoms with Gasteiger partial charge in [0, 0.05) is 17.6 Å². The number of hydrogen-bond donors (Lipinski definition) is 1. The van der Waals surface area contributed by atoms with Crippen molar-refractivity contribution in [3.8, 4) is 0 Å². The zero-order valence-electron chi connectivity index (χ0n) is 9.28. The van der Waals surface area contributed by atoms with Crippen LogP contribution in [0.5, 0.6) is 0 Å². The van der Waals surface area contributed by atoms with Crippen LogP contribution in [0.4, 0.5) is 0 Å². The van der Waals surface area contributed by atoms with Crippen molar-refractivity contribution >= 4 is 34.5 Å². The topological polar surface area (TPSA) is 24.9 Å². The van der Waals surface area contributed by atoms with Crippen molar-refractivity contribution in [2.45, 2.75) is 19.5 Å². The molecule has 0 fully saturated rings. The predicted octanol–water partition coefficient (Wildman–Crippen LogP) is 4.30. The number of nitrogens with zero attached hydrogens (tertiary/aromatic N) is 1. The summed E-state index contributed by atoms with van der Waals surface area (Å²) in [4.78, 5) is 4.20. The Kier molecular flexibility index (Phi) is 4.40. The number of benzene rings is 1. The Labute approximate surface area is 115 Å². The molecule has 5 heteroatoms. The molecule has 0 aliphatic rings. The molecule has 0 aliphatic carbocycles. The molecule has 1 N–H and O–H groups in total. The summed E-state index contributed by atoms with van der Waals surface area (Å²) in [6.07, 6.45) is 1.67. The van der Waals surface area contributed by atoms with Gasteiger partial charge in [-0.05, 0) is 24.6 Å². The molecule has 1 heterocycles. The normalized spacial score (nSPS) is 12.6. The van der Waals surface area contributed by atoms with Crippen LogP contribution in [0, 0.1) is 0 Å². The molecule has 0 spiro atoms. The third-order valence-corrected chi connectivity index (χ3v) is 3.78. The van der Waals surface area contributed by atoms with Crippen molar-refractivity contribution < 1.29 is 0 Å². The number of halogens is 2. The van der Waals surface area contributed by atoms with Crippen LogP contribution in [0.25, 0.3) is 0 Å². The number of thiazole rings is 1. The summed E-state index contributed by atoms with van der Waals surface area (Å²) >= 11 is 13.3. The first kappa shape index (κ1) is 12.8. The van der Waals surface area contributed by atoms with E-state index in [1.165, 1.54) is 16.9 Å². The van der Waals surface area contributed by atoms with Gasteiger partial charge < -0.3 is 5.32 Å². The van der Waals surface area contributed by atoms with E-state index in [1.54, 1.807) is 6.20 Å². The maximum absolute atomic E-state index is 5.95. The minimum absolute atomic E-state index is 0.233. The summed E-state index contributed by atoms with van der Waals surface area (Å²) in [6.45, 7) is 2.81. The molecule has 2 rings (SSSR count). The van der Waals surface area contributed by atoms with Gasteiger partial charge in [0.1, 0.15) is 9.34 Å². The van der Waals surface area contributed by atoms with Crippen molar-refractivity contribution in [2.24, 2.45) is 0 Å². The highest BCUT2D eigenvalue weighted by Gasteiger charge is 2.06. The van der Waals surface area contributed by atoms with E-state index >= 15 is 0 Å². The Morgan fingerprint density at radius 2 is 2.24 bits per heavy atom. The third-order valence-electron chi connectivity index (χ3n) is 2.43. The fourth-order valence-corrected chi connectivity index (χ4v) is 2.61. The van der Waals surface area contributed by atoms with Crippen LogP contribution < -0.4 is 5.32 Å². The Morgan fingerprint density at radius 1 is 1.41 bits per heavy atom. The molecule has 1 atom stereocenters. The molecule has 0 saturated carbocycles. The molecular formula is C12H12Cl2N2S. The van der Waals surface area contributed by atoms with Crippen molar-refractivity contribution in [1.82, 2.24) is 10.3 Å². The third kappa shape index (κ3) is 3.68. The Balaban J connectivity index is 1.95. The van der Waals surface area contributed by atoms with Crippen molar-refractivity contribution in [1.29, 1.82) is 0 Å². The Bertz CT molecular complexity index is 499. The Hall–Kier alpha value is -0.610. The van der Waals surface area contributed by atoms with Crippen LogP contribution in [0.2, 0.25) is 9.36 Å². The van der Waals surface area contributed by atoms with Crippen molar-refractivity contribution in [3.05, 3.63) is 50.4 Å². The minimum atomic E-state index is 0.233. The first-order chi connectivity index (χ1) is 8.15. The molecule has 0 radical (unpaired) electrons. The van der Waals surface area contributed by atoms with Gasteiger partial charge in [0.15, 0.2) is 0 Å². The SMILES string of the molecule is CC(NCc1ncc(Cl)s1)c1cccc(Cl)c1. The van der Waals surface area contributed by atoms with Crippen molar-refractivity contribution in [3.63, 3.8) is 0 Å². The molecule has 0 aliphatic heterocycles. The second-order valence-electron chi connectivity index (χ2n) is 3.72. The highest BCUT2D eigenvalue weighted by molar-refractivity contribution is 7.15. The highest BCUT2D eigenvalue weighted by atomic mass is 35.5. The lowest BCUT2D eigenvalue weighted by Crippen LogP contribution is -2.17. The highest BCUT2D eigenvalue weighted by Crippen LogP contribution is 2.20. The quantitative estimate of drug-likeness (QED) is 0.906. The molecule has 90 valence electrons. The smallest absolute Gasteiger partial charge is 0.113 e. The van der Waals surface area contributed by atoms with Gasteiger partial charge in [-0.15, -0.1) is 11.3 Å². The number of aromatic nitrogens is 1. The summed E-state index contributed by atoms with van der Waals surface area (Å²) < 4.78 is 0.720. The summed E-state index contributed by atoms with van der Waals surface area (Å²) in [7, 11) is 0. The Morgan fingerprint density at radius 3 is 2.88 bits per heavy atom. The lowest BCUT2D eigenvalue weighted by molar-refractivity contribution is 0.573. The molecule has 1 aromatic carbocycles. The largest absolute Gasteiger partial charge is 0.304 e. The van der Waals surface area contributed by atoms with E-state index in [9.17, 15) is 0 Å². The lowest BCUT2D eigenvalue weighted by atomic mass is 10.1. The molecule has 0 saturated heterocycles. The fraction of sp³-hybridized carbons (Fsp3) is 0.250. The second kappa shape index (κ2) is 5.83. The maximum atomic E-state index is 5.95. The van der Waals surface area contributed by atoms with Gasteiger partial charge in [0.05, 0.1) is 6.20 Å². The molecule has 1 unspecified atom stereocenters. The number of nitrogens with one attached hydrogen (secondary N) is 1. The molecule has 2 nitrogen and oxygen atoms in total. The maximum Gasteiger partial charge on any atom is 0.113 e. The van der Waals surface area contributed by atoms with E-state index in [0.29, 0.717) is 6.54 Å². The molecule has 0 amide bonds. The van der Waals surface area contributed by atoms with Gasteiger partial charge in [-0.25, -0.2) is 4.98 Å². The van der Waals surface area contributed by atoms with Crippen molar-refractivity contribution in [2.75, 3.05) is 0 Å². The van der Waals surface area contributed by atoms with Crippen LogP contribution in [0.3, 0.4) is 0 Å². The minimum Gasteiger partial charge on any atom is -0.304 e. The average Bonchev–Trinajstić information content (AvgIpc) is 2.72. The van der Waals surface area contributed by atoms with E-state index in [4.69, 9.17) is 23.2 Å². The van der Waals surface area contributed by atoms with Gasteiger partial charge in [-0.2, -0.15) is 0 Å². The molecule has 0 bridgehead atoms. The molecule has 2 aromatic rings. The van der Waals surface area contributed by atoms with E-state index in [0.717, 1.165) is 14.4 Å². The number of rotatable bonds is 4. The van der Waals surface area contributed by atoms with Crippen LogP contribution in [0.15, 0.2) is 30.5 Å². The van der Waals surface area contributed by atoms with E-state index in [2.05, 4.69) is 23.3 Å². The summed E-state index contributed by atoms with van der Waals surface area (Å²) in [5.41, 5.74) is 1.17. The summed E-state index contributed by atoms with van der Waals surface area (Å²) in [6, 6.07) is 8.08. The number of hydrogen-bond acceptors (Lipinski definition) is 3. The first-order valence-corrected chi connectivity index (χ1v) is 6.81. The van der Waals surface area contributed by atoms with E-state index < -0.39 is 0 Å². The zero-order chi connectivity index (χ0) is 12.3. The predicted molar refractivity (Wildman–Crippen MR) is 73.8 cm³/mol. The fourth-order valence-electron chi connectivity index (χ4n) is 1.50. The average molecular weight is 287 g/mol. The van der Waals surface area contributed by atoms with Crippen LogP contribution in [-0.4, -0.2) is 4.98 Å². The monoisotopic (exact) mass is 286 g/mol. The second-order valence-corrected chi connectivity index (χ2v) is 5.90. The molecule has 1 aromatic heterocycles. The standard InChI is InChI=1S/C12H12Cl2N2S/c1-8(9-3-2-4-10(13)5-9)15-7-12-16-6-11(14)17-12/h2-6,8,15H,7H2,1H3. The van der Waals surface area contributed by atoms with E-state index in [-0.39, 0.29) is 6.04 Å². The summed E-state index contributed by atoms with van der Waals surface area (Å²) in [5, 5.41) is 5.13. The van der Waals surface area contributed by atoms with Gasteiger partial charge in [-0.1, -0.05) is 35.3 Å². The lowest BCUT2D eigenvalue weighted by Gasteiger charge is -2.13. The first-order valence-electron chi connectivity index (χ1n) is 5.24.